The Morgan fingerprint density at radius 2 is 0.811 bits per heavy atom. The van der Waals surface area contributed by atoms with E-state index in [-0.39, 0.29) is 0 Å². The van der Waals surface area contributed by atoms with Gasteiger partial charge in [0.1, 0.15) is 11.2 Å². The smallest absolute Gasteiger partial charge is 0.136 e. The first-order valence-electron chi connectivity index (χ1n) is 18.3. The van der Waals surface area contributed by atoms with Crippen LogP contribution in [0.2, 0.25) is 0 Å². The lowest BCUT2D eigenvalue weighted by Gasteiger charge is -2.18. The van der Waals surface area contributed by atoms with Gasteiger partial charge in [-0.05, 0) is 112 Å². The first-order valence-corrected chi connectivity index (χ1v) is 18.3. The molecule has 246 valence electrons. The van der Waals surface area contributed by atoms with Crippen LogP contribution in [0.15, 0.2) is 199 Å². The van der Waals surface area contributed by atoms with Gasteiger partial charge in [0.2, 0.25) is 0 Å². The minimum atomic E-state index is 0.894. The standard InChI is InChI=1S/C52H32O/c1-2-12-36(13-3-1)50-42-15-6-8-17-44(42)51(45-18-9-7-16-43(45)50)46-19-10-20-49-52(46)47-32-38(28-30-48(47)53-49)34-23-21-33(22-24-34)37-27-29-41-39(31-37)26-25-35-11-4-5-14-40(35)41/h1-32H. The highest BCUT2D eigenvalue weighted by Gasteiger charge is 2.20. The summed E-state index contributed by atoms with van der Waals surface area (Å²) in [5, 5.41) is 12.4. The number of hydrogen-bond acceptors (Lipinski definition) is 1. The molecule has 1 nitrogen and oxygen atoms in total. The second-order valence-corrected chi connectivity index (χ2v) is 14.0. The van der Waals surface area contributed by atoms with E-state index >= 15 is 0 Å². The van der Waals surface area contributed by atoms with E-state index in [9.17, 15) is 0 Å². The van der Waals surface area contributed by atoms with E-state index in [0.717, 1.165) is 21.9 Å². The number of fused-ring (bicyclic) bond motifs is 8. The van der Waals surface area contributed by atoms with Gasteiger partial charge in [0, 0.05) is 10.8 Å². The van der Waals surface area contributed by atoms with E-state index < -0.39 is 0 Å². The maximum absolute atomic E-state index is 6.56. The first kappa shape index (κ1) is 29.7. The number of benzene rings is 10. The summed E-state index contributed by atoms with van der Waals surface area (Å²) in [5.41, 5.74) is 11.5. The Morgan fingerprint density at radius 3 is 1.53 bits per heavy atom. The molecule has 0 atom stereocenters. The van der Waals surface area contributed by atoms with Crippen LogP contribution < -0.4 is 0 Å². The fourth-order valence-corrected chi connectivity index (χ4v) is 8.60. The molecule has 0 radical (unpaired) electrons. The zero-order chi connectivity index (χ0) is 34.9. The van der Waals surface area contributed by atoms with Gasteiger partial charge in [0.05, 0.1) is 0 Å². The van der Waals surface area contributed by atoms with Gasteiger partial charge >= 0.3 is 0 Å². The molecule has 11 aromatic rings. The average molecular weight is 673 g/mol. The maximum atomic E-state index is 6.56. The molecule has 0 saturated heterocycles. The van der Waals surface area contributed by atoms with Crippen molar-refractivity contribution in [1.29, 1.82) is 0 Å². The molecule has 0 spiro atoms. The summed E-state index contributed by atoms with van der Waals surface area (Å²) in [4.78, 5) is 0. The molecule has 11 rings (SSSR count). The van der Waals surface area contributed by atoms with Gasteiger partial charge < -0.3 is 4.42 Å². The Labute approximate surface area is 307 Å². The van der Waals surface area contributed by atoms with Crippen LogP contribution in [0.5, 0.6) is 0 Å². The normalized spacial score (nSPS) is 11.8. The van der Waals surface area contributed by atoms with Crippen LogP contribution in [0.4, 0.5) is 0 Å². The third-order valence-corrected chi connectivity index (χ3v) is 11.1. The van der Waals surface area contributed by atoms with E-state index in [1.165, 1.54) is 87.6 Å². The van der Waals surface area contributed by atoms with Crippen LogP contribution >= 0.6 is 0 Å². The van der Waals surface area contributed by atoms with Crippen molar-refractivity contribution >= 4 is 65.0 Å². The Morgan fingerprint density at radius 1 is 0.264 bits per heavy atom. The quantitative estimate of drug-likeness (QED) is 0.134. The predicted octanol–water partition coefficient (Wildman–Crippen LogP) is 14.9. The topological polar surface area (TPSA) is 13.1 Å². The fourth-order valence-electron chi connectivity index (χ4n) is 8.60. The summed E-state index contributed by atoms with van der Waals surface area (Å²) < 4.78 is 6.56. The molecule has 0 bridgehead atoms. The minimum Gasteiger partial charge on any atom is -0.456 e. The van der Waals surface area contributed by atoms with Gasteiger partial charge in [0.15, 0.2) is 0 Å². The number of hydrogen-bond donors (Lipinski definition) is 0. The highest BCUT2D eigenvalue weighted by molar-refractivity contribution is 6.25. The fraction of sp³-hybridized carbons (Fsp3) is 0. The molecule has 53 heavy (non-hydrogen) atoms. The molecule has 1 heteroatoms. The summed E-state index contributed by atoms with van der Waals surface area (Å²) in [5.74, 6) is 0. The summed E-state index contributed by atoms with van der Waals surface area (Å²) in [6, 6.07) is 70.4. The van der Waals surface area contributed by atoms with Gasteiger partial charge in [-0.3, -0.25) is 0 Å². The molecule has 1 heterocycles. The molecule has 0 aliphatic carbocycles. The highest BCUT2D eigenvalue weighted by Crippen LogP contribution is 2.47. The van der Waals surface area contributed by atoms with Crippen molar-refractivity contribution in [3.8, 4) is 44.5 Å². The van der Waals surface area contributed by atoms with Crippen molar-refractivity contribution in [3.63, 3.8) is 0 Å². The Balaban J connectivity index is 1.06. The molecule has 10 aromatic carbocycles. The van der Waals surface area contributed by atoms with E-state index in [1.54, 1.807) is 0 Å². The average Bonchev–Trinajstić information content (AvgIpc) is 3.61. The van der Waals surface area contributed by atoms with Crippen LogP contribution in [0.25, 0.3) is 110 Å². The summed E-state index contributed by atoms with van der Waals surface area (Å²) in [6.45, 7) is 0. The third kappa shape index (κ3) is 4.71. The molecular formula is C52H32O. The Hall–Kier alpha value is -6.96. The number of furan rings is 1. The summed E-state index contributed by atoms with van der Waals surface area (Å²) >= 11 is 0. The molecular weight excluding hydrogens is 641 g/mol. The first-order chi connectivity index (χ1) is 26.3. The van der Waals surface area contributed by atoms with E-state index in [2.05, 4.69) is 194 Å². The van der Waals surface area contributed by atoms with Crippen molar-refractivity contribution in [1.82, 2.24) is 0 Å². The van der Waals surface area contributed by atoms with Crippen LogP contribution in [0, 0.1) is 0 Å². The zero-order valence-electron chi connectivity index (χ0n) is 28.9. The van der Waals surface area contributed by atoms with Gasteiger partial charge in [-0.15, -0.1) is 0 Å². The van der Waals surface area contributed by atoms with Crippen molar-refractivity contribution < 1.29 is 4.42 Å². The lowest BCUT2D eigenvalue weighted by Crippen LogP contribution is -1.91. The van der Waals surface area contributed by atoms with Gasteiger partial charge in [-0.2, -0.15) is 0 Å². The van der Waals surface area contributed by atoms with Crippen molar-refractivity contribution in [2.45, 2.75) is 0 Å². The third-order valence-electron chi connectivity index (χ3n) is 11.1. The van der Waals surface area contributed by atoms with Gasteiger partial charge in [-0.25, -0.2) is 0 Å². The van der Waals surface area contributed by atoms with Crippen LogP contribution in [-0.2, 0) is 0 Å². The van der Waals surface area contributed by atoms with E-state index in [4.69, 9.17) is 4.42 Å². The van der Waals surface area contributed by atoms with Crippen molar-refractivity contribution in [2.75, 3.05) is 0 Å². The van der Waals surface area contributed by atoms with Gasteiger partial charge in [-0.1, -0.05) is 170 Å². The SMILES string of the molecule is c1ccc(-c2c3ccccc3c(-c3cccc4oc5ccc(-c6ccc(-c7ccc8c(ccc9ccccc98)c7)cc6)cc5c34)c3ccccc23)cc1. The maximum Gasteiger partial charge on any atom is 0.136 e. The minimum absolute atomic E-state index is 0.894. The lowest BCUT2D eigenvalue weighted by atomic mass is 9.85. The summed E-state index contributed by atoms with van der Waals surface area (Å²) in [6.07, 6.45) is 0. The molecule has 0 saturated carbocycles. The monoisotopic (exact) mass is 672 g/mol. The predicted molar refractivity (Wildman–Crippen MR) is 225 cm³/mol. The number of rotatable bonds is 4. The molecule has 0 aliphatic heterocycles. The summed E-state index contributed by atoms with van der Waals surface area (Å²) in [7, 11) is 0. The Kier molecular flexibility index (Phi) is 6.62. The van der Waals surface area contributed by atoms with Crippen LogP contribution in [0.3, 0.4) is 0 Å². The second kappa shape index (κ2) is 11.8. The van der Waals surface area contributed by atoms with Crippen LogP contribution in [-0.4, -0.2) is 0 Å². The van der Waals surface area contributed by atoms with E-state index in [0.29, 0.717) is 0 Å². The van der Waals surface area contributed by atoms with Crippen molar-refractivity contribution in [3.05, 3.63) is 194 Å². The van der Waals surface area contributed by atoms with Crippen molar-refractivity contribution in [2.24, 2.45) is 0 Å². The molecule has 1 aromatic heterocycles. The largest absolute Gasteiger partial charge is 0.456 e. The zero-order valence-corrected chi connectivity index (χ0v) is 28.9. The molecule has 0 unspecified atom stereocenters. The van der Waals surface area contributed by atoms with E-state index in [1.807, 2.05) is 0 Å². The molecule has 0 fully saturated rings. The molecule has 0 N–H and O–H groups in total. The lowest BCUT2D eigenvalue weighted by molar-refractivity contribution is 0.669. The molecule has 0 aliphatic rings. The highest BCUT2D eigenvalue weighted by atomic mass is 16.3. The Bertz CT molecular complexity index is 3150. The second-order valence-electron chi connectivity index (χ2n) is 14.0. The van der Waals surface area contributed by atoms with Gasteiger partial charge in [0.25, 0.3) is 0 Å². The van der Waals surface area contributed by atoms with Crippen LogP contribution in [0.1, 0.15) is 0 Å². The molecule has 0 amide bonds.